The summed E-state index contributed by atoms with van der Waals surface area (Å²) in [7, 11) is -8.29. The highest BCUT2D eigenvalue weighted by atomic mass is 31.1. The van der Waals surface area contributed by atoms with Gasteiger partial charge in [-0.15, -0.1) is 0 Å². The minimum Gasteiger partial charge on any atom is -0.408 e. The van der Waals surface area contributed by atoms with Crippen molar-refractivity contribution < 1.29 is 8.39 Å². The zero-order valence-electron chi connectivity index (χ0n) is 38.0. The van der Waals surface area contributed by atoms with E-state index in [4.69, 9.17) is 8.39 Å². The first-order valence-electron chi connectivity index (χ1n) is 23.6. The van der Waals surface area contributed by atoms with Gasteiger partial charge in [0.1, 0.15) is 11.2 Å². The molecule has 1 aromatic heterocycles. The van der Waals surface area contributed by atoms with Crippen LogP contribution in [0.3, 0.4) is 0 Å². The van der Waals surface area contributed by atoms with Crippen LogP contribution in [0.5, 0.6) is 0 Å². The Kier molecular flexibility index (Phi) is 11.3. The fourth-order valence-corrected chi connectivity index (χ4v) is 22.1. The predicted octanol–water partition coefficient (Wildman–Crippen LogP) is 11.1. The van der Waals surface area contributed by atoms with Gasteiger partial charge in [0, 0.05) is 17.3 Å². The van der Waals surface area contributed by atoms with Crippen molar-refractivity contribution in [2.45, 2.75) is 6.54 Å². The normalized spacial score (nSPS) is 11.9. The molecule has 0 amide bonds. The molecule has 0 spiro atoms. The summed E-state index contributed by atoms with van der Waals surface area (Å²) in [5.41, 5.74) is 2.87. The molecule has 1 heterocycles. The molecule has 0 atom stereocenters. The van der Waals surface area contributed by atoms with Gasteiger partial charge >= 0.3 is 8.16 Å². The van der Waals surface area contributed by atoms with Crippen LogP contribution in [0, 0.1) is 0 Å². The van der Waals surface area contributed by atoms with E-state index in [0.29, 0.717) is 6.54 Å². The van der Waals surface area contributed by atoms with E-state index in [1.54, 1.807) is 0 Å². The third-order valence-electron chi connectivity index (χ3n) is 13.9. The van der Waals surface area contributed by atoms with Gasteiger partial charge in [0.15, 0.2) is 16.1 Å². The number of rotatable bonds is 11. The van der Waals surface area contributed by atoms with Gasteiger partial charge in [-0.2, -0.15) is 0 Å². The SMILES string of the molecule is c1ccc(CNp2oc3c([Si](c4ccccc4)(c4ccccc4)c4ccccc4)cc4ccccc4c3c3c(o2)c([Si](c2ccccc2)(c2ccccc2)c2ccccc2)cc2ccccc23)cc1. The summed E-state index contributed by atoms with van der Waals surface area (Å²) >= 11 is 0. The lowest BCUT2D eigenvalue weighted by Gasteiger charge is -2.35. The third kappa shape index (κ3) is 7.30. The summed E-state index contributed by atoms with van der Waals surface area (Å²) in [6.07, 6.45) is 0. The number of fused-ring (bicyclic) bond motifs is 7. The van der Waals surface area contributed by atoms with Gasteiger partial charge in [-0.05, 0) is 68.6 Å². The fourth-order valence-electron chi connectivity index (χ4n) is 11.0. The highest BCUT2D eigenvalue weighted by molar-refractivity contribution is 7.38. The molecule has 0 saturated carbocycles. The number of hydrogen-bond donors (Lipinski definition) is 1. The Balaban J connectivity index is 1.36. The van der Waals surface area contributed by atoms with Crippen LogP contribution in [0.25, 0.3) is 43.5 Å². The molecule has 69 heavy (non-hydrogen) atoms. The Labute approximate surface area is 405 Å². The van der Waals surface area contributed by atoms with Crippen molar-refractivity contribution in [3.8, 4) is 0 Å². The molecule has 0 fully saturated rings. The van der Waals surface area contributed by atoms with E-state index < -0.39 is 24.3 Å². The molecule has 0 bridgehead atoms. The monoisotopic (exact) mass is 937 g/mol. The molecule has 0 radical (unpaired) electrons. The van der Waals surface area contributed by atoms with Crippen LogP contribution in [-0.2, 0) is 6.54 Å². The second-order valence-corrected chi connectivity index (χ2v) is 26.4. The Bertz CT molecular complexity index is 3340. The molecule has 12 rings (SSSR count). The van der Waals surface area contributed by atoms with Crippen LogP contribution in [0.15, 0.2) is 281 Å². The van der Waals surface area contributed by atoms with Crippen LogP contribution < -0.4 is 46.6 Å². The number of hydrogen-bond acceptors (Lipinski definition) is 3. The molecule has 0 aliphatic heterocycles. The zero-order valence-corrected chi connectivity index (χ0v) is 40.8. The van der Waals surface area contributed by atoms with Crippen molar-refractivity contribution in [2.75, 3.05) is 5.09 Å². The predicted molar refractivity (Wildman–Crippen MR) is 298 cm³/mol. The van der Waals surface area contributed by atoms with Crippen molar-refractivity contribution in [1.82, 2.24) is 0 Å². The number of nitrogens with one attached hydrogen (secondary N) is 1. The van der Waals surface area contributed by atoms with Crippen molar-refractivity contribution in [3.63, 3.8) is 0 Å². The van der Waals surface area contributed by atoms with Gasteiger partial charge in [-0.25, -0.2) is 5.09 Å². The molecule has 0 unspecified atom stereocenters. The fraction of sp³-hybridized carbons (Fsp3) is 0.0159. The standard InChI is InChI=1S/C63H48NO2PSi2/c1-8-26-47(27-9-1)46-64-67-65-62-58(68(50-30-10-2-11-31-50,51-32-12-3-13-33-51)52-34-14-4-15-35-52)44-48-28-22-24-42-56(48)60(62)61-57-43-25-23-29-49(57)45-59(63(61)66-67)69(53-36-16-5-17-37-53,54-38-18-6-19-39-54)55-40-20-7-21-41-55/h1-45,64H,46H2. The first-order valence-corrected chi connectivity index (χ1v) is 28.8. The molecular formula is C63H48NO2PSi2. The summed E-state index contributed by atoms with van der Waals surface area (Å²) in [5, 5.41) is 20.6. The van der Waals surface area contributed by atoms with Crippen LogP contribution >= 0.6 is 8.16 Å². The third-order valence-corrected chi connectivity index (χ3v) is 24.6. The highest BCUT2D eigenvalue weighted by Crippen LogP contribution is 2.41. The average Bonchev–Trinajstić information content (AvgIpc) is 3.61. The van der Waals surface area contributed by atoms with Gasteiger partial charge in [-0.1, -0.05) is 273 Å². The zero-order chi connectivity index (χ0) is 46.0. The first-order chi connectivity index (χ1) is 34.2. The van der Waals surface area contributed by atoms with Gasteiger partial charge in [0.05, 0.1) is 0 Å². The van der Waals surface area contributed by atoms with E-state index in [0.717, 1.165) is 49.0 Å². The van der Waals surface area contributed by atoms with Crippen LogP contribution in [0.1, 0.15) is 5.56 Å². The largest absolute Gasteiger partial charge is 0.408 e. The van der Waals surface area contributed by atoms with Crippen molar-refractivity contribution in [3.05, 3.63) is 279 Å². The smallest absolute Gasteiger partial charge is 0.307 e. The van der Waals surface area contributed by atoms with Gasteiger partial charge in [-0.3, -0.25) is 0 Å². The molecule has 6 heteroatoms. The maximum atomic E-state index is 7.89. The Morgan fingerprint density at radius 2 is 0.594 bits per heavy atom. The Hall–Kier alpha value is -7.77. The molecule has 0 aliphatic rings. The van der Waals surface area contributed by atoms with E-state index in [1.807, 2.05) is 0 Å². The van der Waals surface area contributed by atoms with E-state index in [-0.39, 0.29) is 0 Å². The quantitative estimate of drug-likeness (QED) is 0.104. The van der Waals surface area contributed by atoms with E-state index in [2.05, 4.69) is 278 Å². The van der Waals surface area contributed by atoms with Crippen molar-refractivity contribution in [1.29, 1.82) is 0 Å². The van der Waals surface area contributed by atoms with Crippen LogP contribution in [0.4, 0.5) is 0 Å². The molecule has 1 N–H and O–H groups in total. The first kappa shape index (κ1) is 42.6. The second kappa shape index (κ2) is 18.4. The summed E-state index contributed by atoms with van der Waals surface area (Å²) in [4.78, 5) is 0. The molecule has 0 saturated heterocycles. The summed E-state index contributed by atoms with van der Waals surface area (Å²) in [6, 6.07) is 100. The lowest BCUT2D eigenvalue weighted by molar-refractivity contribution is 0.645. The molecular weight excluding hydrogens is 890 g/mol. The van der Waals surface area contributed by atoms with Gasteiger partial charge in [0.25, 0.3) is 0 Å². The van der Waals surface area contributed by atoms with Crippen LogP contribution in [0.2, 0.25) is 0 Å². The van der Waals surface area contributed by atoms with Crippen molar-refractivity contribution >= 4 is 109 Å². The Morgan fingerprint density at radius 3 is 0.913 bits per heavy atom. The molecule has 330 valence electrons. The van der Waals surface area contributed by atoms with E-state index >= 15 is 0 Å². The topological polar surface area (TPSA) is 38.3 Å². The lowest BCUT2D eigenvalue weighted by atomic mass is 9.98. The number of benzene rings is 11. The van der Waals surface area contributed by atoms with E-state index in [9.17, 15) is 0 Å². The molecule has 12 aromatic rings. The summed E-state index contributed by atoms with van der Waals surface area (Å²) < 4.78 is 15.8. The minimum absolute atomic E-state index is 0.556. The minimum atomic E-state index is -3.22. The molecule has 11 aromatic carbocycles. The maximum Gasteiger partial charge on any atom is 0.307 e. The van der Waals surface area contributed by atoms with Crippen LogP contribution in [-0.4, -0.2) is 16.1 Å². The summed E-state index contributed by atoms with van der Waals surface area (Å²) in [5.74, 6) is 0. The van der Waals surface area contributed by atoms with E-state index in [1.165, 1.54) is 41.5 Å². The molecule has 0 aliphatic carbocycles. The van der Waals surface area contributed by atoms with Gasteiger partial charge in [0.2, 0.25) is 0 Å². The average molecular weight is 938 g/mol. The summed E-state index contributed by atoms with van der Waals surface area (Å²) in [6.45, 7) is 0.556. The van der Waals surface area contributed by atoms with Gasteiger partial charge < -0.3 is 8.39 Å². The van der Waals surface area contributed by atoms with Crippen molar-refractivity contribution in [2.24, 2.45) is 0 Å². The Morgan fingerprint density at radius 1 is 0.319 bits per heavy atom. The highest BCUT2D eigenvalue weighted by Gasteiger charge is 2.46. The molecule has 3 nitrogen and oxygen atoms in total. The lowest BCUT2D eigenvalue weighted by Crippen LogP contribution is -2.75. The second-order valence-electron chi connectivity index (χ2n) is 17.7. The maximum absolute atomic E-state index is 7.89.